The minimum absolute atomic E-state index is 0. The first-order chi connectivity index (χ1) is 16.6. The number of hydrogen-bond donors (Lipinski definition) is 0. The van der Waals surface area contributed by atoms with E-state index >= 15 is 0 Å². The Kier molecular flexibility index (Phi) is 8.26. The number of benzene rings is 2. The van der Waals surface area contributed by atoms with Gasteiger partial charge in [-0.3, -0.25) is 0 Å². The second kappa shape index (κ2) is 11.4. The lowest BCUT2D eigenvalue weighted by Crippen LogP contribution is -2.27. The zero-order chi connectivity index (χ0) is 23.5. The third-order valence-corrected chi connectivity index (χ3v) is 7.43. The second-order valence-corrected chi connectivity index (χ2v) is 9.76. The zero-order valence-corrected chi connectivity index (χ0v) is 21.5. The van der Waals surface area contributed by atoms with Crippen molar-refractivity contribution in [2.24, 2.45) is 7.05 Å². The van der Waals surface area contributed by atoms with Crippen molar-refractivity contribution in [3.8, 4) is 22.6 Å². The van der Waals surface area contributed by atoms with Crippen LogP contribution in [0.15, 0.2) is 58.2 Å². The van der Waals surface area contributed by atoms with Crippen molar-refractivity contribution >= 4 is 24.2 Å². The van der Waals surface area contributed by atoms with E-state index in [9.17, 15) is 4.39 Å². The van der Waals surface area contributed by atoms with Gasteiger partial charge in [0.2, 0.25) is 0 Å². The SMILES string of the molecule is Cc1cc(-c2ccc3c(c2)CCN(CCCSc2nnc(-c4ccccc4F)n2C)CC3)no1.Cl. The molecule has 0 saturated carbocycles. The van der Waals surface area contributed by atoms with E-state index in [1.54, 1.807) is 23.9 Å². The van der Waals surface area contributed by atoms with Gasteiger partial charge in [-0.05, 0) is 62.1 Å². The highest BCUT2D eigenvalue weighted by atomic mass is 35.5. The largest absolute Gasteiger partial charge is 0.361 e. The number of halogens is 2. The first-order valence-corrected chi connectivity index (χ1v) is 12.6. The highest BCUT2D eigenvalue weighted by molar-refractivity contribution is 7.99. The van der Waals surface area contributed by atoms with E-state index in [0.29, 0.717) is 11.4 Å². The van der Waals surface area contributed by atoms with Crippen molar-refractivity contribution in [2.75, 3.05) is 25.4 Å². The topological polar surface area (TPSA) is 60.0 Å². The molecule has 0 fully saturated rings. The van der Waals surface area contributed by atoms with E-state index in [2.05, 4.69) is 38.5 Å². The van der Waals surface area contributed by atoms with Gasteiger partial charge in [0.15, 0.2) is 11.0 Å². The maximum atomic E-state index is 14.1. The van der Waals surface area contributed by atoms with Crippen LogP contribution < -0.4 is 0 Å². The maximum Gasteiger partial charge on any atom is 0.191 e. The minimum atomic E-state index is -0.278. The maximum absolute atomic E-state index is 14.1. The molecule has 1 aliphatic rings. The molecule has 0 radical (unpaired) electrons. The molecule has 0 atom stereocenters. The normalized spacial score (nSPS) is 13.8. The van der Waals surface area contributed by atoms with Gasteiger partial charge in [0.25, 0.3) is 0 Å². The van der Waals surface area contributed by atoms with Gasteiger partial charge in [-0.2, -0.15) is 0 Å². The minimum Gasteiger partial charge on any atom is -0.361 e. The molecule has 4 aromatic rings. The van der Waals surface area contributed by atoms with Crippen LogP contribution in [0.1, 0.15) is 23.3 Å². The van der Waals surface area contributed by atoms with E-state index in [1.807, 2.05) is 30.7 Å². The zero-order valence-electron chi connectivity index (χ0n) is 19.9. The van der Waals surface area contributed by atoms with Crippen LogP contribution in [0.5, 0.6) is 0 Å². The third kappa shape index (κ3) is 5.77. The summed E-state index contributed by atoms with van der Waals surface area (Å²) in [6.45, 7) is 5.10. The molecule has 9 heteroatoms. The number of hydrogen-bond acceptors (Lipinski definition) is 6. The Labute approximate surface area is 215 Å². The number of aromatic nitrogens is 4. The summed E-state index contributed by atoms with van der Waals surface area (Å²) in [4.78, 5) is 2.54. The number of thioether (sulfide) groups is 1. The Morgan fingerprint density at radius 1 is 1.03 bits per heavy atom. The van der Waals surface area contributed by atoms with Crippen LogP contribution in [0.3, 0.4) is 0 Å². The van der Waals surface area contributed by atoms with E-state index < -0.39 is 0 Å². The van der Waals surface area contributed by atoms with Crippen molar-refractivity contribution in [2.45, 2.75) is 31.3 Å². The fourth-order valence-corrected chi connectivity index (χ4v) is 5.26. The van der Waals surface area contributed by atoms with Crippen molar-refractivity contribution < 1.29 is 8.91 Å². The highest BCUT2D eigenvalue weighted by Gasteiger charge is 2.17. The van der Waals surface area contributed by atoms with Crippen LogP contribution in [0.2, 0.25) is 0 Å². The van der Waals surface area contributed by atoms with Crippen molar-refractivity contribution in [1.82, 2.24) is 24.8 Å². The van der Waals surface area contributed by atoms with Gasteiger partial charge in [0.1, 0.15) is 17.3 Å². The Hall–Kier alpha value is -2.68. The molecule has 3 heterocycles. The molecular formula is C26H29ClFN5OS. The van der Waals surface area contributed by atoms with Gasteiger partial charge in [-0.25, -0.2) is 4.39 Å². The summed E-state index contributed by atoms with van der Waals surface area (Å²) in [5.41, 5.74) is 5.35. The van der Waals surface area contributed by atoms with Crippen molar-refractivity contribution in [3.63, 3.8) is 0 Å². The van der Waals surface area contributed by atoms with Gasteiger partial charge in [0.05, 0.1) is 5.56 Å². The molecule has 0 unspecified atom stereocenters. The lowest BCUT2D eigenvalue weighted by molar-refractivity contribution is 0.289. The van der Waals surface area contributed by atoms with E-state index in [4.69, 9.17) is 4.52 Å². The Morgan fingerprint density at radius 2 is 1.83 bits per heavy atom. The molecule has 5 rings (SSSR count). The van der Waals surface area contributed by atoms with Crippen LogP contribution in [-0.2, 0) is 19.9 Å². The molecule has 0 N–H and O–H groups in total. The van der Waals surface area contributed by atoms with Gasteiger partial charge in [0, 0.05) is 37.5 Å². The number of rotatable bonds is 7. The smallest absolute Gasteiger partial charge is 0.191 e. The summed E-state index contributed by atoms with van der Waals surface area (Å²) in [7, 11) is 1.89. The van der Waals surface area contributed by atoms with E-state index in [-0.39, 0.29) is 18.2 Å². The Bertz CT molecular complexity index is 1290. The van der Waals surface area contributed by atoms with Gasteiger partial charge < -0.3 is 14.0 Å². The molecule has 1 aliphatic heterocycles. The molecule has 35 heavy (non-hydrogen) atoms. The van der Waals surface area contributed by atoms with Crippen LogP contribution in [0.25, 0.3) is 22.6 Å². The van der Waals surface area contributed by atoms with E-state index in [0.717, 1.165) is 66.8 Å². The molecular weight excluding hydrogens is 485 g/mol. The molecule has 2 aromatic carbocycles. The average Bonchev–Trinajstić information content (AvgIpc) is 3.37. The summed E-state index contributed by atoms with van der Waals surface area (Å²) >= 11 is 1.68. The summed E-state index contributed by atoms with van der Waals surface area (Å²) in [5.74, 6) is 2.06. The summed E-state index contributed by atoms with van der Waals surface area (Å²) in [5, 5.41) is 13.5. The predicted octanol–water partition coefficient (Wildman–Crippen LogP) is 5.59. The molecule has 184 valence electrons. The molecule has 0 saturated heterocycles. The summed E-state index contributed by atoms with van der Waals surface area (Å²) in [6.07, 6.45) is 3.17. The summed E-state index contributed by atoms with van der Waals surface area (Å²) < 4.78 is 21.2. The van der Waals surface area contributed by atoms with Gasteiger partial charge >= 0.3 is 0 Å². The molecule has 0 bridgehead atoms. The number of aryl methyl sites for hydroxylation is 1. The van der Waals surface area contributed by atoms with Crippen LogP contribution in [-0.4, -0.2) is 50.2 Å². The Morgan fingerprint density at radius 3 is 2.60 bits per heavy atom. The van der Waals surface area contributed by atoms with Crippen LogP contribution in [0.4, 0.5) is 4.39 Å². The average molecular weight is 514 g/mol. The number of nitrogens with zero attached hydrogens (tertiary/aromatic N) is 5. The third-order valence-electron chi connectivity index (χ3n) is 6.32. The fourth-order valence-electron chi connectivity index (χ4n) is 4.43. The standard InChI is InChI=1S/C26H28FN5OS.ClH/c1-18-16-24(30-33-18)21-9-8-19-10-13-32(14-11-20(19)17-21)12-5-15-34-26-29-28-25(31(26)2)22-6-3-4-7-23(22)27;/h3-4,6-9,16-17H,5,10-15H2,1-2H3;1H. The van der Waals surface area contributed by atoms with E-state index in [1.165, 1.54) is 17.2 Å². The highest BCUT2D eigenvalue weighted by Crippen LogP contribution is 2.26. The molecule has 6 nitrogen and oxygen atoms in total. The second-order valence-electron chi connectivity index (χ2n) is 8.69. The van der Waals surface area contributed by atoms with Crippen LogP contribution in [0, 0.1) is 12.7 Å². The molecule has 0 spiro atoms. The Balaban J connectivity index is 0.00000289. The fraction of sp³-hybridized carbons (Fsp3) is 0.346. The molecule has 0 amide bonds. The number of fused-ring (bicyclic) bond motifs is 1. The van der Waals surface area contributed by atoms with Gasteiger partial charge in [-0.1, -0.05) is 41.2 Å². The monoisotopic (exact) mass is 513 g/mol. The molecule has 0 aliphatic carbocycles. The van der Waals surface area contributed by atoms with Crippen LogP contribution >= 0.6 is 24.2 Å². The first kappa shape index (κ1) is 25.4. The first-order valence-electron chi connectivity index (χ1n) is 11.6. The molecule has 2 aromatic heterocycles. The van der Waals surface area contributed by atoms with Crippen molar-refractivity contribution in [3.05, 3.63) is 71.2 Å². The lowest BCUT2D eigenvalue weighted by atomic mass is 9.99. The van der Waals surface area contributed by atoms with Gasteiger partial charge in [-0.15, -0.1) is 22.6 Å². The van der Waals surface area contributed by atoms with Crippen molar-refractivity contribution in [1.29, 1.82) is 0 Å². The summed E-state index contributed by atoms with van der Waals surface area (Å²) in [6, 6.07) is 15.3. The predicted molar refractivity (Wildman–Crippen MR) is 140 cm³/mol. The lowest BCUT2D eigenvalue weighted by Gasteiger charge is -2.19. The quantitative estimate of drug-likeness (QED) is 0.237.